The number of carboxylic acids is 1. The molecule has 110 valence electrons. The molecule has 0 aromatic heterocycles. The van der Waals surface area contributed by atoms with Gasteiger partial charge in [0, 0.05) is 0 Å². The summed E-state index contributed by atoms with van der Waals surface area (Å²) in [5.41, 5.74) is 2.26. The van der Waals surface area contributed by atoms with E-state index in [0.29, 0.717) is 11.5 Å². The highest BCUT2D eigenvalue weighted by atomic mass is 16.4. The van der Waals surface area contributed by atoms with Crippen LogP contribution in [0.4, 0.5) is 0 Å². The van der Waals surface area contributed by atoms with Gasteiger partial charge in [-0.1, -0.05) is 75.4 Å². The molecule has 2 nitrogen and oxygen atoms in total. The highest BCUT2D eigenvalue weighted by molar-refractivity contribution is 6.16. The molecule has 0 saturated heterocycles. The predicted molar refractivity (Wildman–Crippen MR) is 84.6 cm³/mol. The molecular formula is C18H26O2. The molecule has 0 amide bonds. The predicted octanol–water partition coefficient (Wildman–Crippen LogP) is 5.15. The third-order valence-corrected chi connectivity index (χ3v) is 3.90. The summed E-state index contributed by atoms with van der Waals surface area (Å²) in [5.74, 6) is -0.507. The van der Waals surface area contributed by atoms with Gasteiger partial charge in [0.25, 0.3) is 0 Å². The Morgan fingerprint density at radius 1 is 1.15 bits per heavy atom. The molecule has 0 spiro atoms. The van der Waals surface area contributed by atoms with Gasteiger partial charge in [-0.2, -0.15) is 0 Å². The minimum Gasteiger partial charge on any atom is -0.478 e. The average Bonchev–Trinajstić information content (AvgIpc) is 2.44. The number of rotatable bonds is 8. The van der Waals surface area contributed by atoms with Crippen molar-refractivity contribution in [2.45, 2.75) is 52.9 Å². The van der Waals surface area contributed by atoms with E-state index in [1.54, 1.807) is 0 Å². The summed E-state index contributed by atoms with van der Waals surface area (Å²) in [7, 11) is 0. The SMILES string of the molecule is CCCCCCC(C)C(C)=C(C(=O)O)c1ccccc1. The molecule has 0 heterocycles. The van der Waals surface area contributed by atoms with Crippen molar-refractivity contribution in [3.05, 3.63) is 41.5 Å². The normalized spacial score (nSPS) is 13.8. The lowest BCUT2D eigenvalue weighted by Gasteiger charge is -2.16. The number of hydrogen-bond donors (Lipinski definition) is 1. The number of hydrogen-bond acceptors (Lipinski definition) is 1. The maximum atomic E-state index is 11.6. The summed E-state index contributed by atoms with van der Waals surface area (Å²) in [6.45, 7) is 6.29. The molecule has 0 aliphatic heterocycles. The second-order valence-electron chi connectivity index (χ2n) is 5.48. The highest BCUT2D eigenvalue weighted by Gasteiger charge is 2.17. The van der Waals surface area contributed by atoms with E-state index in [2.05, 4.69) is 13.8 Å². The van der Waals surface area contributed by atoms with E-state index in [4.69, 9.17) is 0 Å². The van der Waals surface area contributed by atoms with Crippen LogP contribution >= 0.6 is 0 Å². The molecule has 1 atom stereocenters. The van der Waals surface area contributed by atoms with Crippen molar-refractivity contribution in [1.29, 1.82) is 0 Å². The van der Waals surface area contributed by atoms with Crippen molar-refractivity contribution in [3.63, 3.8) is 0 Å². The molecule has 1 rings (SSSR count). The van der Waals surface area contributed by atoms with Gasteiger partial charge in [-0.25, -0.2) is 4.79 Å². The van der Waals surface area contributed by atoms with Gasteiger partial charge in [-0.3, -0.25) is 0 Å². The Kier molecular flexibility index (Phi) is 7.06. The van der Waals surface area contributed by atoms with E-state index in [1.165, 1.54) is 25.7 Å². The quantitative estimate of drug-likeness (QED) is 0.525. The van der Waals surface area contributed by atoms with Crippen molar-refractivity contribution in [2.24, 2.45) is 5.92 Å². The second kappa shape index (κ2) is 8.57. The maximum absolute atomic E-state index is 11.6. The van der Waals surface area contributed by atoms with Gasteiger partial charge in [0.2, 0.25) is 0 Å². The number of carbonyl (C=O) groups is 1. The van der Waals surface area contributed by atoms with Crippen LogP contribution in [0.1, 0.15) is 58.4 Å². The van der Waals surface area contributed by atoms with Crippen LogP contribution in [0.5, 0.6) is 0 Å². The number of aliphatic carboxylic acids is 1. The van der Waals surface area contributed by atoms with Gasteiger partial charge in [0.1, 0.15) is 0 Å². The molecule has 0 bridgehead atoms. The van der Waals surface area contributed by atoms with Crippen LogP contribution in [-0.2, 0) is 4.79 Å². The molecule has 2 heteroatoms. The lowest BCUT2D eigenvalue weighted by atomic mass is 9.89. The molecule has 0 fully saturated rings. The van der Waals surface area contributed by atoms with Crippen LogP contribution in [0.3, 0.4) is 0 Å². The van der Waals surface area contributed by atoms with Gasteiger partial charge >= 0.3 is 5.97 Å². The summed E-state index contributed by atoms with van der Waals surface area (Å²) in [4.78, 5) is 11.6. The minimum absolute atomic E-state index is 0.318. The monoisotopic (exact) mass is 274 g/mol. The van der Waals surface area contributed by atoms with Gasteiger partial charge < -0.3 is 5.11 Å². The van der Waals surface area contributed by atoms with Crippen molar-refractivity contribution < 1.29 is 9.90 Å². The molecule has 1 unspecified atom stereocenters. The summed E-state index contributed by atoms with van der Waals surface area (Å²) in [6.07, 6.45) is 5.97. The van der Waals surface area contributed by atoms with Gasteiger partial charge in [0.05, 0.1) is 5.57 Å². The smallest absolute Gasteiger partial charge is 0.336 e. The molecule has 1 aromatic rings. The van der Waals surface area contributed by atoms with Crippen LogP contribution in [0, 0.1) is 5.92 Å². The fraction of sp³-hybridized carbons (Fsp3) is 0.500. The molecule has 1 aromatic carbocycles. The average molecular weight is 274 g/mol. The Hall–Kier alpha value is -1.57. The first-order chi connectivity index (χ1) is 9.57. The fourth-order valence-corrected chi connectivity index (χ4v) is 2.46. The van der Waals surface area contributed by atoms with Crippen molar-refractivity contribution >= 4 is 11.5 Å². The zero-order chi connectivity index (χ0) is 15.0. The van der Waals surface area contributed by atoms with E-state index >= 15 is 0 Å². The largest absolute Gasteiger partial charge is 0.478 e. The zero-order valence-corrected chi connectivity index (χ0v) is 12.9. The summed E-state index contributed by atoms with van der Waals surface area (Å²) >= 11 is 0. The van der Waals surface area contributed by atoms with Gasteiger partial charge in [0.15, 0.2) is 0 Å². The van der Waals surface area contributed by atoms with E-state index in [0.717, 1.165) is 17.6 Å². The highest BCUT2D eigenvalue weighted by Crippen LogP contribution is 2.27. The summed E-state index contributed by atoms with van der Waals surface area (Å²) in [5, 5.41) is 9.50. The van der Waals surface area contributed by atoms with Gasteiger partial charge in [-0.05, 0) is 24.8 Å². The third kappa shape index (κ3) is 4.84. The van der Waals surface area contributed by atoms with Gasteiger partial charge in [-0.15, -0.1) is 0 Å². The number of unbranched alkanes of at least 4 members (excludes halogenated alkanes) is 3. The van der Waals surface area contributed by atoms with Crippen molar-refractivity contribution in [2.75, 3.05) is 0 Å². The van der Waals surface area contributed by atoms with Crippen molar-refractivity contribution in [3.8, 4) is 0 Å². The standard InChI is InChI=1S/C18H26O2/c1-4-5-6-8-11-14(2)15(3)17(18(19)20)16-12-9-7-10-13-16/h7,9-10,12-14H,4-6,8,11H2,1-3H3,(H,19,20). The van der Waals surface area contributed by atoms with Crippen LogP contribution in [-0.4, -0.2) is 11.1 Å². The minimum atomic E-state index is -0.825. The van der Waals surface area contributed by atoms with Crippen molar-refractivity contribution in [1.82, 2.24) is 0 Å². The van der Waals surface area contributed by atoms with E-state index < -0.39 is 5.97 Å². The fourth-order valence-electron chi connectivity index (χ4n) is 2.46. The number of benzene rings is 1. The van der Waals surface area contributed by atoms with E-state index in [-0.39, 0.29) is 0 Å². The topological polar surface area (TPSA) is 37.3 Å². The van der Waals surface area contributed by atoms with Crippen LogP contribution in [0.15, 0.2) is 35.9 Å². The molecular weight excluding hydrogens is 248 g/mol. The summed E-state index contributed by atoms with van der Waals surface area (Å²) < 4.78 is 0. The lowest BCUT2D eigenvalue weighted by Crippen LogP contribution is -2.07. The number of allylic oxidation sites excluding steroid dienone is 1. The summed E-state index contributed by atoms with van der Waals surface area (Å²) in [6, 6.07) is 9.43. The Morgan fingerprint density at radius 2 is 1.80 bits per heavy atom. The first-order valence-corrected chi connectivity index (χ1v) is 7.57. The van der Waals surface area contributed by atoms with Crippen LogP contribution in [0.25, 0.3) is 5.57 Å². The first-order valence-electron chi connectivity index (χ1n) is 7.57. The third-order valence-electron chi connectivity index (χ3n) is 3.90. The molecule has 1 N–H and O–H groups in total. The van der Waals surface area contributed by atoms with E-state index in [9.17, 15) is 9.90 Å². The Morgan fingerprint density at radius 3 is 2.35 bits per heavy atom. The Balaban J connectivity index is 2.84. The molecule has 0 aliphatic carbocycles. The van der Waals surface area contributed by atoms with E-state index in [1.807, 2.05) is 37.3 Å². The second-order valence-corrected chi connectivity index (χ2v) is 5.48. The molecule has 0 aliphatic rings. The zero-order valence-electron chi connectivity index (χ0n) is 12.9. The maximum Gasteiger partial charge on any atom is 0.336 e. The molecule has 20 heavy (non-hydrogen) atoms. The molecule has 0 radical (unpaired) electrons. The van der Waals surface area contributed by atoms with Crippen LogP contribution in [0.2, 0.25) is 0 Å². The van der Waals surface area contributed by atoms with Crippen LogP contribution < -0.4 is 0 Å². The number of carboxylic acid groups (broad SMARTS) is 1. The first kappa shape index (κ1) is 16.5. The lowest BCUT2D eigenvalue weighted by molar-refractivity contribution is -0.130. The molecule has 0 saturated carbocycles. The Labute approximate surface area is 122 Å². The Bertz CT molecular complexity index is 446.